The second-order valence-corrected chi connectivity index (χ2v) is 3.52. The Bertz CT molecular complexity index is 335. The van der Waals surface area contributed by atoms with E-state index in [0.29, 0.717) is 6.04 Å². The molecule has 2 nitrogen and oxygen atoms in total. The summed E-state index contributed by atoms with van der Waals surface area (Å²) in [5.74, 6) is 0.975. The summed E-state index contributed by atoms with van der Waals surface area (Å²) in [6.45, 7) is 0. The van der Waals surface area contributed by atoms with E-state index >= 15 is 0 Å². The highest BCUT2D eigenvalue weighted by atomic mass is 16.5. The van der Waals surface area contributed by atoms with Crippen molar-refractivity contribution in [3.63, 3.8) is 0 Å². The van der Waals surface area contributed by atoms with Crippen LogP contribution < -0.4 is 10.1 Å². The van der Waals surface area contributed by atoms with Crippen molar-refractivity contribution in [2.24, 2.45) is 0 Å². The predicted molar refractivity (Wildman–Crippen MR) is 46.4 cm³/mol. The molecule has 3 rings (SSSR count). The predicted octanol–water partition coefficient (Wildman–Crippen LogP) is 1.26. The van der Waals surface area contributed by atoms with Gasteiger partial charge in [0.2, 0.25) is 0 Å². The number of nitrogens with one attached hydrogen (secondary N) is 1. The molecule has 1 fully saturated rings. The lowest BCUT2D eigenvalue weighted by Gasteiger charge is -2.04. The molecule has 62 valence electrons. The average molecular weight is 161 g/mol. The number of fused-ring (bicyclic) bond motifs is 3. The van der Waals surface area contributed by atoms with Crippen LogP contribution in [0, 0.1) is 0 Å². The molecule has 1 saturated heterocycles. The lowest BCUT2D eigenvalue weighted by molar-refractivity contribution is 0.414. The number of hydrogen-bond donors (Lipinski definition) is 1. The monoisotopic (exact) mass is 161 g/mol. The minimum Gasteiger partial charge on any atom is -0.497 e. The third-order valence-electron chi connectivity index (χ3n) is 2.81. The quantitative estimate of drug-likeness (QED) is 0.629. The molecule has 0 aromatic heterocycles. The Kier molecular flexibility index (Phi) is 1.09. The van der Waals surface area contributed by atoms with Gasteiger partial charge in [0.15, 0.2) is 0 Å². The van der Waals surface area contributed by atoms with Crippen LogP contribution in [0.3, 0.4) is 0 Å². The highest BCUT2D eigenvalue weighted by Gasteiger charge is 2.44. The van der Waals surface area contributed by atoms with Gasteiger partial charge in [-0.1, -0.05) is 6.07 Å². The Hall–Kier alpha value is -1.02. The van der Waals surface area contributed by atoms with Crippen LogP contribution in [0.25, 0.3) is 0 Å². The van der Waals surface area contributed by atoms with Gasteiger partial charge in [-0.05, 0) is 29.7 Å². The van der Waals surface area contributed by atoms with E-state index in [-0.39, 0.29) is 0 Å². The number of rotatable bonds is 1. The summed E-state index contributed by atoms with van der Waals surface area (Å²) in [6, 6.07) is 7.74. The zero-order valence-corrected chi connectivity index (χ0v) is 7.00. The van der Waals surface area contributed by atoms with Crippen LogP contribution >= 0.6 is 0 Å². The first-order chi connectivity index (χ1) is 5.88. The van der Waals surface area contributed by atoms with E-state index in [1.54, 1.807) is 7.11 Å². The lowest BCUT2D eigenvalue weighted by atomic mass is 10.1. The highest BCUT2D eigenvalue weighted by molar-refractivity contribution is 5.46. The minimum absolute atomic E-state index is 0.634. The topological polar surface area (TPSA) is 31.2 Å². The Morgan fingerprint density at radius 1 is 1.50 bits per heavy atom. The van der Waals surface area contributed by atoms with Crippen molar-refractivity contribution in [2.45, 2.75) is 18.5 Å². The number of benzene rings is 1. The van der Waals surface area contributed by atoms with E-state index in [0.717, 1.165) is 11.8 Å². The zero-order chi connectivity index (χ0) is 8.13. The Morgan fingerprint density at radius 3 is 3.25 bits per heavy atom. The fourth-order valence-electron chi connectivity index (χ4n) is 2.07. The molecule has 1 aliphatic heterocycles. The third kappa shape index (κ3) is 0.730. The molecule has 0 amide bonds. The van der Waals surface area contributed by atoms with Gasteiger partial charge in [-0.2, -0.15) is 0 Å². The van der Waals surface area contributed by atoms with Crippen molar-refractivity contribution in [1.29, 1.82) is 0 Å². The molecule has 0 spiro atoms. The maximum Gasteiger partial charge on any atom is 0.119 e. The molecule has 12 heavy (non-hydrogen) atoms. The SMILES string of the molecule is COc1ccc2c(c1)C1NC1C2. The number of ether oxygens (including phenoxy) is 1. The van der Waals surface area contributed by atoms with E-state index in [2.05, 4.69) is 17.4 Å². The van der Waals surface area contributed by atoms with E-state index in [9.17, 15) is 0 Å². The van der Waals surface area contributed by atoms with Crippen LogP contribution in [0.5, 0.6) is 5.75 Å². The molecule has 2 aliphatic rings. The summed E-state index contributed by atoms with van der Waals surface area (Å²) >= 11 is 0. The van der Waals surface area contributed by atoms with Gasteiger partial charge in [0.25, 0.3) is 0 Å². The van der Waals surface area contributed by atoms with Crippen molar-refractivity contribution in [3.8, 4) is 5.75 Å². The maximum atomic E-state index is 5.18. The van der Waals surface area contributed by atoms with E-state index < -0.39 is 0 Å². The van der Waals surface area contributed by atoms with Crippen molar-refractivity contribution in [3.05, 3.63) is 29.3 Å². The summed E-state index contributed by atoms with van der Waals surface area (Å²) in [4.78, 5) is 0. The second kappa shape index (κ2) is 2.02. The van der Waals surface area contributed by atoms with Gasteiger partial charge in [-0.15, -0.1) is 0 Å². The summed E-state index contributed by atoms with van der Waals surface area (Å²) in [7, 11) is 1.72. The largest absolute Gasteiger partial charge is 0.497 e. The molecule has 1 aromatic rings. The zero-order valence-electron chi connectivity index (χ0n) is 7.00. The van der Waals surface area contributed by atoms with Crippen LogP contribution in [0.15, 0.2) is 18.2 Å². The van der Waals surface area contributed by atoms with Crippen LogP contribution in [0.4, 0.5) is 0 Å². The fraction of sp³-hybridized carbons (Fsp3) is 0.400. The van der Waals surface area contributed by atoms with Gasteiger partial charge in [0, 0.05) is 12.1 Å². The summed E-state index contributed by atoms with van der Waals surface area (Å²) in [6.07, 6.45) is 1.20. The average Bonchev–Trinajstić information content (AvgIpc) is 2.79. The Balaban J connectivity index is 2.09. The number of hydrogen-bond acceptors (Lipinski definition) is 2. The molecular weight excluding hydrogens is 150 g/mol. The normalized spacial score (nSPS) is 29.4. The maximum absolute atomic E-state index is 5.18. The first kappa shape index (κ1) is 6.49. The standard InChI is InChI=1S/C10H11NO/c1-12-7-3-2-6-4-9-10(11-9)8(6)5-7/h2-3,5,9-11H,4H2,1H3. The van der Waals surface area contributed by atoms with Crippen molar-refractivity contribution in [2.75, 3.05) is 7.11 Å². The van der Waals surface area contributed by atoms with E-state index in [1.165, 1.54) is 17.5 Å². The van der Waals surface area contributed by atoms with Gasteiger partial charge < -0.3 is 10.1 Å². The molecule has 2 heteroatoms. The van der Waals surface area contributed by atoms with E-state index in [4.69, 9.17) is 4.74 Å². The van der Waals surface area contributed by atoms with Gasteiger partial charge in [0.05, 0.1) is 7.11 Å². The Morgan fingerprint density at radius 2 is 2.42 bits per heavy atom. The van der Waals surface area contributed by atoms with Crippen LogP contribution in [0.1, 0.15) is 17.2 Å². The number of methoxy groups -OCH3 is 1. The molecule has 0 radical (unpaired) electrons. The summed E-state index contributed by atoms with van der Waals surface area (Å²) in [5, 5.41) is 3.42. The minimum atomic E-state index is 0.634. The smallest absolute Gasteiger partial charge is 0.119 e. The second-order valence-electron chi connectivity index (χ2n) is 3.52. The fourth-order valence-corrected chi connectivity index (χ4v) is 2.07. The van der Waals surface area contributed by atoms with Crippen LogP contribution in [-0.2, 0) is 6.42 Å². The van der Waals surface area contributed by atoms with Crippen LogP contribution in [0.2, 0.25) is 0 Å². The molecule has 2 atom stereocenters. The van der Waals surface area contributed by atoms with Gasteiger partial charge in [-0.3, -0.25) is 0 Å². The van der Waals surface area contributed by atoms with Gasteiger partial charge >= 0.3 is 0 Å². The molecule has 1 aliphatic carbocycles. The molecular formula is C10H11NO. The van der Waals surface area contributed by atoms with Crippen LogP contribution in [-0.4, -0.2) is 13.2 Å². The first-order valence-corrected chi connectivity index (χ1v) is 4.31. The third-order valence-corrected chi connectivity index (χ3v) is 2.81. The van der Waals surface area contributed by atoms with Crippen molar-refractivity contribution in [1.82, 2.24) is 5.32 Å². The molecule has 0 bridgehead atoms. The summed E-state index contributed by atoms with van der Waals surface area (Å²) < 4.78 is 5.18. The molecule has 1 aromatic carbocycles. The lowest BCUT2D eigenvalue weighted by Crippen LogP contribution is -1.97. The summed E-state index contributed by atoms with van der Waals surface area (Å²) in [5.41, 5.74) is 2.93. The van der Waals surface area contributed by atoms with E-state index in [1.807, 2.05) is 6.07 Å². The van der Waals surface area contributed by atoms with Gasteiger partial charge in [0.1, 0.15) is 5.75 Å². The first-order valence-electron chi connectivity index (χ1n) is 4.31. The Labute approximate surface area is 71.5 Å². The molecule has 2 unspecified atom stereocenters. The molecule has 0 saturated carbocycles. The highest BCUT2D eigenvalue weighted by Crippen LogP contribution is 2.42. The van der Waals surface area contributed by atoms with Gasteiger partial charge in [-0.25, -0.2) is 0 Å². The molecule has 1 heterocycles. The van der Waals surface area contributed by atoms with Crippen molar-refractivity contribution < 1.29 is 4.74 Å². The van der Waals surface area contributed by atoms with Crippen molar-refractivity contribution >= 4 is 0 Å². The molecule has 1 N–H and O–H groups in total.